The van der Waals surface area contributed by atoms with Crippen LogP contribution in [0.5, 0.6) is 0 Å². The van der Waals surface area contributed by atoms with Gasteiger partial charge in [-0.15, -0.1) is 0 Å². The Bertz CT molecular complexity index is 431. The molecule has 1 aromatic rings. The molecule has 1 aliphatic rings. The SMILES string of the molecule is N#Cc1ccc(F)c2c1C(=O)CC2. The number of ketones is 1. The monoisotopic (exact) mass is 175 g/mol. The normalized spacial score (nSPS) is 14.0. The van der Waals surface area contributed by atoms with E-state index in [2.05, 4.69) is 0 Å². The zero-order valence-corrected chi connectivity index (χ0v) is 6.80. The highest BCUT2D eigenvalue weighted by Crippen LogP contribution is 2.27. The summed E-state index contributed by atoms with van der Waals surface area (Å²) in [4.78, 5) is 11.3. The lowest BCUT2D eigenvalue weighted by Crippen LogP contribution is -1.97. The molecule has 0 N–H and O–H groups in total. The van der Waals surface area contributed by atoms with Gasteiger partial charge in [0.25, 0.3) is 0 Å². The fourth-order valence-corrected chi connectivity index (χ4v) is 1.64. The fraction of sp³-hybridized carbons (Fsp3) is 0.200. The van der Waals surface area contributed by atoms with Crippen molar-refractivity contribution in [2.24, 2.45) is 0 Å². The van der Waals surface area contributed by atoms with Crippen LogP contribution in [0.25, 0.3) is 0 Å². The number of rotatable bonds is 0. The van der Waals surface area contributed by atoms with Crippen LogP contribution >= 0.6 is 0 Å². The molecule has 0 aromatic heterocycles. The largest absolute Gasteiger partial charge is 0.294 e. The van der Waals surface area contributed by atoms with Gasteiger partial charge in [-0.3, -0.25) is 4.79 Å². The van der Waals surface area contributed by atoms with Gasteiger partial charge < -0.3 is 0 Å². The highest BCUT2D eigenvalue weighted by molar-refractivity contribution is 6.02. The van der Waals surface area contributed by atoms with Crippen molar-refractivity contribution in [2.75, 3.05) is 0 Å². The highest BCUT2D eigenvalue weighted by Gasteiger charge is 2.25. The molecule has 2 nitrogen and oxygen atoms in total. The molecule has 2 rings (SSSR count). The topological polar surface area (TPSA) is 40.9 Å². The maximum absolute atomic E-state index is 13.1. The maximum atomic E-state index is 13.1. The Balaban J connectivity index is 2.75. The Morgan fingerprint density at radius 2 is 2.15 bits per heavy atom. The average molecular weight is 175 g/mol. The summed E-state index contributed by atoms with van der Waals surface area (Å²) >= 11 is 0. The van der Waals surface area contributed by atoms with Crippen molar-refractivity contribution in [1.82, 2.24) is 0 Å². The van der Waals surface area contributed by atoms with Crippen LogP contribution in [-0.2, 0) is 6.42 Å². The quantitative estimate of drug-likeness (QED) is 0.603. The second-order valence-corrected chi connectivity index (χ2v) is 2.98. The van der Waals surface area contributed by atoms with Crippen molar-refractivity contribution in [2.45, 2.75) is 12.8 Å². The molecule has 0 heterocycles. The lowest BCUT2D eigenvalue weighted by molar-refractivity contribution is 0.0994. The van der Waals surface area contributed by atoms with Gasteiger partial charge in [-0.1, -0.05) is 0 Å². The lowest BCUT2D eigenvalue weighted by Gasteiger charge is -2.00. The number of fused-ring (bicyclic) bond motifs is 1. The van der Waals surface area contributed by atoms with E-state index >= 15 is 0 Å². The van der Waals surface area contributed by atoms with Crippen molar-refractivity contribution < 1.29 is 9.18 Å². The van der Waals surface area contributed by atoms with E-state index in [1.807, 2.05) is 6.07 Å². The van der Waals surface area contributed by atoms with E-state index in [0.29, 0.717) is 29.5 Å². The first kappa shape index (κ1) is 7.93. The minimum atomic E-state index is -0.375. The number of benzene rings is 1. The Morgan fingerprint density at radius 3 is 2.85 bits per heavy atom. The molecular formula is C10H6FNO. The molecule has 0 amide bonds. The summed E-state index contributed by atoms with van der Waals surface area (Å²) in [6, 6.07) is 4.50. The molecule has 1 aliphatic carbocycles. The third kappa shape index (κ3) is 1.03. The minimum absolute atomic E-state index is 0.119. The zero-order chi connectivity index (χ0) is 9.42. The van der Waals surface area contributed by atoms with Crippen molar-refractivity contribution in [3.8, 4) is 6.07 Å². The van der Waals surface area contributed by atoms with E-state index in [0.717, 1.165) is 0 Å². The number of Topliss-reactive ketones (excluding diaryl/α,β-unsaturated/α-hetero) is 1. The molecule has 0 unspecified atom stereocenters. The Labute approximate surface area is 74.6 Å². The zero-order valence-electron chi connectivity index (χ0n) is 6.80. The van der Waals surface area contributed by atoms with Crippen LogP contribution in [0, 0.1) is 17.1 Å². The van der Waals surface area contributed by atoms with Crippen molar-refractivity contribution >= 4 is 5.78 Å². The number of carbonyl (C=O) groups excluding carboxylic acids is 1. The summed E-state index contributed by atoms with van der Waals surface area (Å²) in [6.07, 6.45) is 0.750. The molecular weight excluding hydrogens is 169 g/mol. The summed E-state index contributed by atoms with van der Waals surface area (Å²) in [5.41, 5.74) is 0.991. The molecule has 64 valence electrons. The summed E-state index contributed by atoms with van der Waals surface area (Å²) in [5.74, 6) is -0.495. The van der Waals surface area contributed by atoms with Crippen LogP contribution in [0.1, 0.15) is 27.9 Å². The fourth-order valence-electron chi connectivity index (χ4n) is 1.64. The first-order valence-electron chi connectivity index (χ1n) is 3.98. The van der Waals surface area contributed by atoms with Gasteiger partial charge in [-0.2, -0.15) is 5.26 Å². The maximum Gasteiger partial charge on any atom is 0.164 e. The summed E-state index contributed by atoms with van der Waals surface area (Å²) in [7, 11) is 0. The molecule has 0 spiro atoms. The lowest BCUT2D eigenvalue weighted by atomic mass is 10.0. The van der Waals surface area contributed by atoms with Gasteiger partial charge in [-0.25, -0.2) is 4.39 Å². The number of nitriles is 1. The van der Waals surface area contributed by atoms with Crippen LogP contribution in [0.4, 0.5) is 4.39 Å². The van der Waals surface area contributed by atoms with Gasteiger partial charge in [0.1, 0.15) is 5.82 Å². The summed E-state index contributed by atoms with van der Waals surface area (Å²) in [5, 5.41) is 8.69. The molecule has 1 aromatic carbocycles. The summed E-state index contributed by atoms with van der Waals surface area (Å²) < 4.78 is 13.1. The van der Waals surface area contributed by atoms with Crippen molar-refractivity contribution in [3.63, 3.8) is 0 Å². The van der Waals surface area contributed by atoms with Crippen LogP contribution in [-0.4, -0.2) is 5.78 Å². The standard InChI is InChI=1S/C10H6FNO/c11-8-3-1-6(5-12)10-7(8)2-4-9(10)13/h1,3H,2,4H2. The van der Waals surface area contributed by atoms with Gasteiger partial charge in [0.2, 0.25) is 0 Å². The van der Waals surface area contributed by atoms with Crippen molar-refractivity contribution in [1.29, 1.82) is 5.26 Å². The molecule has 0 radical (unpaired) electrons. The van der Waals surface area contributed by atoms with E-state index in [1.165, 1.54) is 12.1 Å². The average Bonchev–Trinajstić information content (AvgIpc) is 2.51. The van der Waals surface area contributed by atoms with Crippen LogP contribution < -0.4 is 0 Å². The molecule has 0 atom stereocenters. The third-order valence-electron chi connectivity index (χ3n) is 2.26. The number of carbonyl (C=O) groups is 1. The molecule has 0 bridgehead atoms. The van der Waals surface area contributed by atoms with Gasteiger partial charge in [-0.05, 0) is 18.6 Å². The van der Waals surface area contributed by atoms with E-state index < -0.39 is 0 Å². The van der Waals surface area contributed by atoms with Gasteiger partial charge in [0, 0.05) is 17.5 Å². The van der Waals surface area contributed by atoms with Crippen LogP contribution in [0.15, 0.2) is 12.1 Å². The molecule has 0 saturated heterocycles. The Kier molecular flexibility index (Phi) is 1.63. The molecule has 0 aliphatic heterocycles. The predicted molar refractivity (Wildman–Crippen MR) is 43.8 cm³/mol. The Morgan fingerprint density at radius 1 is 1.38 bits per heavy atom. The molecule has 0 saturated carbocycles. The summed E-state index contributed by atoms with van der Waals surface area (Å²) in [6.45, 7) is 0. The third-order valence-corrected chi connectivity index (χ3v) is 2.26. The van der Waals surface area contributed by atoms with Gasteiger partial charge in [0.05, 0.1) is 11.6 Å². The van der Waals surface area contributed by atoms with E-state index in [9.17, 15) is 9.18 Å². The number of hydrogen-bond acceptors (Lipinski definition) is 2. The predicted octanol–water partition coefficient (Wildman–Crippen LogP) is 1.83. The molecule has 3 heteroatoms. The first-order chi connectivity index (χ1) is 6.24. The van der Waals surface area contributed by atoms with E-state index in [1.54, 1.807) is 0 Å². The van der Waals surface area contributed by atoms with Crippen LogP contribution in [0.2, 0.25) is 0 Å². The van der Waals surface area contributed by atoms with Gasteiger partial charge in [0.15, 0.2) is 5.78 Å². The molecule has 13 heavy (non-hydrogen) atoms. The van der Waals surface area contributed by atoms with Crippen LogP contribution in [0.3, 0.4) is 0 Å². The number of halogens is 1. The Hall–Kier alpha value is -1.69. The highest BCUT2D eigenvalue weighted by atomic mass is 19.1. The minimum Gasteiger partial charge on any atom is -0.294 e. The second kappa shape index (κ2) is 2.67. The van der Waals surface area contributed by atoms with Crippen molar-refractivity contribution in [3.05, 3.63) is 34.6 Å². The number of nitrogens with zero attached hydrogens (tertiary/aromatic N) is 1. The number of hydrogen-bond donors (Lipinski definition) is 0. The first-order valence-corrected chi connectivity index (χ1v) is 3.98. The molecule has 0 fully saturated rings. The van der Waals surface area contributed by atoms with E-state index in [-0.39, 0.29) is 11.6 Å². The van der Waals surface area contributed by atoms with Gasteiger partial charge >= 0.3 is 0 Å². The smallest absolute Gasteiger partial charge is 0.164 e. The van der Waals surface area contributed by atoms with E-state index in [4.69, 9.17) is 5.26 Å². The second-order valence-electron chi connectivity index (χ2n) is 2.98.